The first-order valence-electron chi connectivity index (χ1n) is 8.80. The third-order valence-corrected chi connectivity index (χ3v) is 6.66. The molecule has 0 spiro atoms. The molecule has 1 N–H and O–H groups in total. The Labute approximate surface area is 174 Å². The zero-order valence-electron chi connectivity index (χ0n) is 15.5. The van der Waals surface area contributed by atoms with E-state index in [2.05, 4.69) is 4.98 Å². The van der Waals surface area contributed by atoms with Gasteiger partial charge in [0.1, 0.15) is 5.01 Å². The average molecular weight is 438 g/mol. The maximum Gasteiger partial charge on any atom is 0.416 e. The van der Waals surface area contributed by atoms with E-state index in [0.29, 0.717) is 22.7 Å². The molecule has 0 aliphatic rings. The lowest BCUT2D eigenvalue weighted by molar-refractivity contribution is -0.138. The van der Waals surface area contributed by atoms with Crippen molar-refractivity contribution in [1.29, 1.82) is 0 Å². The largest absolute Gasteiger partial charge is 0.481 e. The molecule has 0 aliphatic heterocycles. The van der Waals surface area contributed by atoms with Gasteiger partial charge in [0.2, 0.25) is 0 Å². The second-order valence-electron chi connectivity index (χ2n) is 6.43. The fraction of sp³-hybridized carbons (Fsp3) is 0.238. The molecule has 3 nitrogen and oxygen atoms in total. The van der Waals surface area contributed by atoms with Gasteiger partial charge in [-0.2, -0.15) is 13.2 Å². The van der Waals surface area contributed by atoms with Crippen LogP contribution in [0.15, 0.2) is 53.4 Å². The minimum absolute atomic E-state index is 0.0958. The van der Waals surface area contributed by atoms with Crippen LogP contribution in [0, 0.1) is 6.92 Å². The molecule has 0 fully saturated rings. The molecule has 0 bridgehead atoms. The van der Waals surface area contributed by atoms with Crippen LogP contribution in [0.3, 0.4) is 0 Å². The molecule has 2 aromatic carbocycles. The van der Waals surface area contributed by atoms with E-state index in [9.17, 15) is 18.0 Å². The minimum atomic E-state index is -4.35. The first-order valence-corrected chi connectivity index (χ1v) is 10.6. The monoisotopic (exact) mass is 437 g/mol. The molecule has 0 atom stereocenters. The van der Waals surface area contributed by atoms with Gasteiger partial charge < -0.3 is 5.11 Å². The summed E-state index contributed by atoms with van der Waals surface area (Å²) in [5.41, 5.74) is 1.83. The number of aliphatic carboxylic acids is 1. The third kappa shape index (κ3) is 5.83. The number of carboxylic acid groups (broad SMARTS) is 1. The molecule has 1 aromatic heterocycles. The molecule has 1 heterocycles. The van der Waals surface area contributed by atoms with Gasteiger partial charge in [0, 0.05) is 27.5 Å². The lowest BCUT2D eigenvalue weighted by Gasteiger charge is -2.06. The Kier molecular flexibility index (Phi) is 6.64. The highest BCUT2D eigenvalue weighted by atomic mass is 32.2. The predicted octanol–water partition coefficient (Wildman–Crippen LogP) is 6.45. The summed E-state index contributed by atoms with van der Waals surface area (Å²) in [6.45, 7) is 1.89. The average Bonchev–Trinajstić information content (AvgIpc) is 3.05. The van der Waals surface area contributed by atoms with Gasteiger partial charge in [0.25, 0.3) is 0 Å². The molecule has 8 heteroatoms. The molecule has 3 aromatic rings. The summed E-state index contributed by atoms with van der Waals surface area (Å²) in [4.78, 5) is 17.3. The van der Waals surface area contributed by atoms with Crippen LogP contribution in [-0.4, -0.2) is 16.1 Å². The van der Waals surface area contributed by atoms with Crippen LogP contribution in [0.2, 0.25) is 0 Å². The minimum Gasteiger partial charge on any atom is -0.481 e. The maximum absolute atomic E-state index is 12.7. The summed E-state index contributed by atoms with van der Waals surface area (Å²) in [5.74, 6) is -0.133. The Morgan fingerprint density at radius 3 is 2.55 bits per heavy atom. The second kappa shape index (κ2) is 9.00. The van der Waals surface area contributed by atoms with Crippen LogP contribution in [-0.2, 0) is 23.1 Å². The number of aromatic nitrogens is 1. The Morgan fingerprint density at radius 2 is 1.90 bits per heavy atom. The number of carboxylic acids is 1. The van der Waals surface area contributed by atoms with Crippen molar-refractivity contribution in [3.05, 3.63) is 70.2 Å². The highest BCUT2D eigenvalue weighted by Gasteiger charge is 2.30. The van der Waals surface area contributed by atoms with E-state index in [-0.39, 0.29) is 6.42 Å². The van der Waals surface area contributed by atoms with E-state index in [0.717, 1.165) is 33.2 Å². The van der Waals surface area contributed by atoms with Crippen molar-refractivity contribution in [2.45, 2.75) is 36.6 Å². The van der Waals surface area contributed by atoms with E-state index in [1.165, 1.54) is 23.5 Å². The first kappa shape index (κ1) is 21.4. The number of alkyl halides is 3. The fourth-order valence-electron chi connectivity index (χ4n) is 2.68. The molecule has 0 aliphatic carbocycles. The summed E-state index contributed by atoms with van der Waals surface area (Å²) in [6.07, 6.45) is -3.77. The number of hydrogen-bond donors (Lipinski definition) is 1. The smallest absolute Gasteiger partial charge is 0.416 e. The fourth-order valence-corrected chi connectivity index (χ4v) is 4.87. The molecule has 0 amide bonds. The van der Waals surface area contributed by atoms with Crippen LogP contribution < -0.4 is 0 Å². The zero-order chi connectivity index (χ0) is 21.0. The maximum atomic E-state index is 12.7. The Balaban J connectivity index is 1.68. The van der Waals surface area contributed by atoms with Crippen molar-refractivity contribution in [1.82, 2.24) is 4.98 Å². The highest BCUT2D eigenvalue weighted by molar-refractivity contribution is 7.98. The number of rotatable bonds is 7. The van der Waals surface area contributed by atoms with Crippen LogP contribution in [0.1, 0.15) is 28.1 Å². The molecule has 29 heavy (non-hydrogen) atoms. The van der Waals surface area contributed by atoms with Crippen molar-refractivity contribution in [3.8, 4) is 10.6 Å². The highest BCUT2D eigenvalue weighted by Crippen LogP contribution is 2.35. The summed E-state index contributed by atoms with van der Waals surface area (Å²) >= 11 is 3.10. The number of aryl methyl sites for hydroxylation is 2. The number of thiazole rings is 1. The normalized spacial score (nSPS) is 11.6. The quantitative estimate of drug-likeness (QED) is 0.432. The van der Waals surface area contributed by atoms with Gasteiger partial charge in [0.05, 0.1) is 11.3 Å². The lowest BCUT2D eigenvalue weighted by Crippen LogP contribution is -2.03. The van der Waals surface area contributed by atoms with Crippen LogP contribution >= 0.6 is 23.1 Å². The number of thioether (sulfide) groups is 1. The van der Waals surface area contributed by atoms with Crippen molar-refractivity contribution in [2.75, 3.05) is 0 Å². The van der Waals surface area contributed by atoms with Crippen molar-refractivity contribution >= 4 is 29.1 Å². The molecular weight excluding hydrogens is 419 g/mol. The number of halogens is 3. The number of hydrogen-bond acceptors (Lipinski definition) is 4. The second-order valence-corrected chi connectivity index (χ2v) is 8.56. The van der Waals surface area contributed by atoms with Gasteiger partial charge >= 0.3 is 12.1 Å². The van der Waals surface area contributed by atoms with Gasteiger partial charge in [-0.1, -0.05) is 24.3 Å². The molecule has 3 rings (SSSR count). The molecule has 0 unspecified atom stereocenters. The van der Waals surface area contributed by atoms with Crippen molar-refractivity contribution in [3.63, 3.8) is 0 Å². The summed E-state index contributed by atoms with van der Waals surface area (Å²) < 4.78 is 38.2. The zero-order valence-corrected chi connectivity index (χ0v) is 17.1. The van der Waals surface area contributed by atoms with E-state index >= 15 is 0 Å². The molecule has 0 saturated carbocycles. The molecular formula is C21H18F3NO2S2. The van der Waals surface area contributed by atoms with Gasteiger partial charge in [-0.3, -0.25) is 4.79 Å². The predicted molar refractivity (Wildman–Crippen MR) is 109 cm³/mol. The van der Waals surface area contributed by atoms with Gasteiger partial charge in [-0.15, -0.1) is 23.1 Å². The summed E-state index contributed by atoms with van der Waals surface area (Å²) in [6, 6.07) is 12.8. The molecule has 0 radical (unpaired) electrons. The topological polar surface area (TPSA) is 50.2 Å². The third-order valence-electron chi connectivity index (χ3n) is 4.25. The molecule has 0 saturated heterocycles. The summed E-state index contributed by atoms with van der Waals surface area (Å²) in [7, 11) is 0. The van der Waals surface area contributed by atoms with Gasteiger partial charge in [0.15, 0.2) is 0 Å². The van der Waals surface area contributed by atoms with E-state index < -0.39 is 17.7 Å². The van der Waals surface area contributed by atoms with E-state index in [1.807, 2.05) is 31.2 Å². The Morgan fingerprint density at radius 1 is 1.17 bits per heavy atom. The van der Waals surface area contributed by atoms with Crippen LogP contribution in [0.25, 0.3) is 10.6 Å². The van der Waals surface area contributed by atoms with Crippen LogP contribution in [0.4, 0.5) is 13.2 Å². The standard InChI is InChI=1S/C21H18F3NO2S2/c1-13-18(12-28-17-4-2-3-14(11-17)5-10-19(26)27)29-20(25-13)15-6-8-16(9-7-15)21(22,23)24/h2-4,6-9,11H,5,10,12H2,1H3,(H,26,27). The van der Waals surface area contributed by atoms with Gasteiger partial charge in [-0.05, 0) is 43.2 Å². The van der Waals surface area contributed by atoms with E-state index in [4.69, 9.17) is 5.11 Å². The van der Waals surface area contributed by atoms with Crippen molar-refractivity contribution in [2.24, 2.45) is 0 Å². The van der Waals surface area contributed by atoms with Crippen molar-refractivity contribution < 1.29 is 23.1 Å². The Hall–Kier alpha value is -2.32. The number of carbonyl (C=O) groups is 1. The SMILES string of the molecule is Cc1nc(-c2ccc(C(F)(F)F)cc2)sc1CSc1cccc(CCC(=O)O)c1. The first-order chi connectivity index (χ1) is 13.7. The Bertz CT molecular complexity index is 998. The van der Waals surface area contributed by atoms with E-state index in [1.54, 1.807) is 11.8 Å². The number of nitrogens with zero attached hydrogens (tertiary/aromatic N) is 1. The van der Waals surface area contributed by atoms with Crippen LogP contribution in [0.5, 0.6) is 0 Å². The van der Waals surface area contributed by atoms with Gasteiger partial charge in [-0.25, -0.2) is 4.98 Å². The molecule has 152 valence electrons. The lowest BCUT2D eigenvalue weighted by atomic mass is 10.1. The summed E-state index contributed by atoms with van der Waals surface area (Å²) in [5, 5.41) is 9.51. The number of benzene rings is 2.